The molecule has 0 fully saturated rings. The fourth-order valence-electron chi connectivity index (χ4n) is 1.97. The smallest absolute Gasteiger partial charge is 0.316 e. The van der Waals surface area contributed by atoms with Gasteiger partial charge in [-0.2, -0.15) is 0 Å². The van der Waals surface area contributed by atoms with Crippen LogP contribution in [0.25, 0.3) is 5.69 Å². The van der Waals surface area contributed by atoms with Crippen molar-refractivity contribution in [3.05, 3.63) is 58.6 Å². The van der Waals surface area contributed by atoms with E-state index in [-0.39, 0.29) is 29.8 Å². The Morgan fingerprint density at radius 3 is 2.68 bits per heavy atom. The summed E-state index contributed by atoms with van der Waals surface area (Å²) in [4.78, 5) is 7.85. The van der Waals surface area contributed by atoms with E-state index in [4.69, 9.17) is 21.4 Å². The number of aliphatic hydroxyl groups excluding tert-OH is 1. The molecule has 2 aromatic heterocycles. The number of aromatic nitrogens is 5. The first kappa shape index (κ1) is 17.2. The molecule has 7 nitrogen and oxygen atoms in total. The van der Waals surface area contributed by atoms with Crippen molar-refractivity contribution in [3.8, 4) is 11.7 Å². The predicted molar refractivity (Wildman–Crippen MR) is 83.6 cm³/mol. The van der Waals surface area contributed by atoms with Gasteiger partial charge in [0, 0.05) is 28.5 Å². The van der Waals surface area contributed by atoms with E-state index < -0.39 is 6.43 Å². The maximum absolute atomic E-state index is 12.9. The summed E-state index contributed by atoms with van der Waals surface area (Å²) in [6.07, 6.45) is 1.75. The number of ether oxygens (including phenoxy) is 1. The van der Waals surface area contributed by atoms with E-state index in [1.807, 2.05) is 0 Å². The Labute approximate surface area is 145 Å². The van der Waals surface area contributed by atoms with E-state index >= 15 is 0 Å². The summed E-state index contributed by atoms with van der Waals surface area (Å²) in [6, 6.07) is 4.32. The van der Waals surface area contributed by atoms with Crippen LogP contribution in [0.5, 0.6) is 6.01 Å². The van der Waals surface area contributed by atoms with Gasteiger partial charge in [-0.15, -0.1) is 5.10 Å². The molecule has 2 heterocycles. The van der Waals surface area contributed by atoms with Gasteiger partial charge >= 0.3 is 6.01 Å². The van der Waals surface area contributed by atoms with Crippen LogP contribution in [0.3, 0.4) is 0 Å². The summed E-state index contributed by atoms with van der Waals surface area (Å²) < 4.78 is 32.5. The number of alkyl halides is 2. The van der Waals surface area contributed by atoms with Gasteiger partial charge in [0.15, 0.2) is 0 Å². The average Bonchev–Trinajstić information content (AvgIpc) is 3.09. The monoisotopic (exact) mass is 367 g/mol. The molecule has 10 heteroatoms. The van der Waals surface area contributed by atoms with Crippen LogP contribution in [0.2, 0.25) is 5.02 Å². The molecule has 0 saturated carbocycles. The van der Waals surface area contributed by atoms with Gasteiger partial charge in [-0.05, 0) is 18.2 Å². The molecular weight excluding hydrogens is 356 g/mol. The van der Waals surface area contributed by atoms with Crippen LogP contribution < -0.4 is 4.74 Å². The SMILES string of the molecule is OCc1cnc(OCc2cn(-c3ccc(Cl)c(C(F)F)c3)nn2)nc1. The average molecular weight is 368 g/mol. The number of benzene rings is 1. The van der Waals surface area contributed by atoms with Crippen molar-refractivity contribution in [2.75, 3.05) is 0 Å². The van der Waals surface area contributed by atoms with Gasteiger partial charge in [0.25, 0.3) is 6.43 Å². The van der Waals surface area contributed by atoms with Gasteiger partial charge in [-0.3, -0.25) is 0 Å². The second-order valence-electron chi connectivity index (χ2n) is 4.98. The van der Waals surface area contributed by atoms with Gasteiger partial charge in [-0.1, -0.05) is 16.8 Å². The van der Waals surface area contributed by atoms with Crippen molar-refractivity contribution < 1.29 is 18.6 Å². The first-order valence-corrected chi connectivity index (χ1v) is 7.48. The Morgan fingerprint density at radius 1 is 1.24 bits per heavy atom. The fraction of sp³-hybridized carbons (Fsp3) is 0.200. The molecular formula is C15H12ClF2N5O2. The van der Waals surface area contributed by atoms with Crippen LogP contribution in [-0.2, 0) is 13.2 Å². The number of halogens is 3. The first-order valence-electron chi connectivity index (χ1n) is 7.10. The summed E-state index contributed by atoms with van der Waals surface area (Å²) in [5, 5.41) is 16.7. The molecule has 1 aromatic carbocycles. The lowest BCUT2D eigenvalue weighted by molar-refractivity contribution is 0.151. The zero-order chi connectivity index (χ0) is 17.8. The van der Waals surface area contributed by atoms with Crippen LogP contribution in [0, 0.1) is 0 Å². The Hall–Kier alpha value is -2.65. The third kappa shape index (κ3) is 4.06. The first-order chi connectivity index (χ1) is 12.1. The Morgan fingerprint density at radius 2 is 2.00 bits per heavy atom. The molecule has 0 spiro atoms. The van der Waals surface area contributed by atoms with Crippen molar-refractivity contribution in [1.82, 2.24) is 25.0 Å². The normalized spacial score (nSPS) is 11.1. The number of nitrogens with zero attached hydrogens (tertiary/aromatic N) is 5. The third-order valence-electron chi connectivity index (χ3n) is 3.23. The number of hydrogen-bond donors (Lipinski definition) is 1. The molecule has 0 aliphatic heterocycles. The van der Waals surface area contributed by atoms with Crippen molar-refractivity contribution in [1.29, 1.82) is 0 Å². The highest BCUT2D eigenvalue weighted by Crippen LogP contribution is 2.28. The molecule has 130 valence electrons. The van der Waals surface area contributed by atoms with E-state index in [9.17, 15) is 8.78 Å². The van der Waals surface area contributed by atoms with Gasteiger partial charge in [0.2, 0.25) is 0 Å². The molecule has 0 atom stereocenters. The van der Waals surface area contributed by atoms with Gasteiger partial charge in [-0.25, -0.2) is 23.4 Å². The largest absolute Gasteiger partial charge is 0.457 e. The Bertz CT molecular complexity index is 857. The maximum atomic E-state index is 12.9. The minimum Gasteiger partial charge on any atom is -0.457 e. The minimum absolute atomic E-state index is 0.00843. The molecule has 0 amide bonds. The van der Waals surface area contributed by atoms with Crippen LogP contribution in [0.4, 0.5) is 8.78 Å². The van der Waals surface area contributed by atoms with Crippen molar-refractivity contribution >= 4 is 11.6 Å². The molecule has 3 rings (SSSR count). The van der Waals surface area contributed by atoms with Crippen molar-refractivity contribution in [2.45, 2.75) is 19.6 Å². The zero-order valence-corrected chi connectivity index (χ0v) is 13.4. The van der Waals surface area contributed by atoms with Crippen molar-refractivity contribution in [3.63, 3.8) is 0 Å². The van der Waals surface area contributed by atoms with E-state index in [0.717, 1.165) is 0 Å². The lowest BCUT2D eigenvalue weighted by atomic mass is 10.2. The van der Waals surface area contributed by atoms with Crippen LogP contribution in [0.15, 0.2) is 36.8 Å². The molecule has 0 unspecified atom stereocenters. The van der Waals surface area contributed by atoms with Gasteiger partial charge in [0.05, 0.1) is 18.5 Å². The van der Waals surface area contributed by atoms with Crippen LogP contribution in [-0.4, -0.2) is 30.1 Å². The van der Waals surface area contributed by atoms with E-state index in [1.54, 1.807) is 12.3 Å². The van der Waals surface area contributed by atoms with Gasteiger partial charge < -0.3 is 9.84 Å². The highest BCUT2D eigenvalue weighted by Gasteiger charge is 2.14. The molecule has 0 bridgehead atoms. The molecule has 0 saturated heterocycles. The highest BCUT2D eigenvalue weighted by atomic mass is 35.5. The molecule has 0 radical (unpaired) electrons. The molecule has 1 N–H and O–H groups in total. The van der Waals surface area contributed by atoms with Crippen LogP contribution in [0.1, 0.15) is 23.2 Å². The molecule has 0 aliphatic rings. The van der Waals surface area contributed by atoms with Crippen molar-refractivity contribution in [2.24, 2.45) is 0 Å². The zero-order valence-electron chi connectivity index (χ0n) is 12.7. The summed E-state index contributed by atoms with van der Waals surface area (Å²) in [7, 11) is 0. The fourth-order valence-corrected chi connectivity index (χ4v) is 2.17. The van der Waals surface area contributed by atoms with E-state index in [2.05, 4.69) is 20.3 Å². The van der Waals surface area contributed by atoms with Crippen LogP contribution >= 0.6 is 11.6 Å². The van der Waals surface area contributed by atoms with E-state index in [1.165, 1.54) is 29.2 Å². The summed E-state index contributed by atoms with van der Waals surface area (Å²) in [6.45, 7) is -0.107. The molecule has 3 aromatic rings. The van der Waals surface area contributed by atoms with E-state index in [0.29, 0.717) is 16.9 Å². The molecule has 25 heavy (non-hydrogen) atoms. The maximum Gasteiger partial charge on any atom is 0.316 e. The Balaban J connectivity index is 1.70. The van der Waals surface area contributed by atoms with Gasteiger partial charge in [0.1, 0.15) is 12.3 Å². The standard InChI is InChI=1S/C15H12ClF2N5O2/c16-13-2-1-11(3-12(13)14(17)18)23-6-10(21-22-23)8-25-15-19-4-9(7-24)5-20-15/h1-6,14,24H,7-8H2. The summed E-state index contributed by atoms with van der Waals surface area (Å²) >= 11 is 5.75. The summed E-state index contributed by atoms with van der Waals surface area (Å²) in [5.41, 5.74) is 1.16. The number of rotatable bonds is 6. The quantitative estimate of drug-likeness (QED) is 0.721. The third-order valence-corrected chi connectivity index (χ3v) is 3.58. The second-order valence-corrected chi connectivity index (χ2v) is 5.39. The lowest BCUT2D eigenvalue weighted by Crippen LogP contribution is -2.00. The topological polar surface area (TPSA) is 86.0 Å². The summed E-state index contributed by atoms with van der Waals surface area (Å²) in [5.74, 6) is 0. The Kier molecular flexibility index (Phi) is 5.15. The number of hydrogen-bond acceptors (Lipinski definition) is 6. The predicted octanol–water partition coefficient (Wildman–Crippen LogP) is 2.72. The number of aliphatic hydroxyl groups is 1. The lowest BCUT2D eigenvalue weighted by Gasteiger charge is -2.06. The minimum atomic E-state index is -2.68. The molecule has 0 aliphatic carbocycles. The second kappa shape index (κ2) is 7.49. The highest BCUT2D eigenvalue weighted by molar-refractivity contribution is 6.31.